The van der Waals surface area contributed by atoms with E-state index in [-0.39, 0.29) is 28.4 Å². The first-order chi connectivity index (χ1) is 38.4. The molecule has 0 saturated heterocycles. The van der Waals surface area contributed by atoms with Crippen LogP contribution in [0.5, 0.6) is 0 Å². The number of rotatable bonds is 3. The Morgan fingerprint density at radius 2 is 0.914 bits per heavy atom. The predicted octanol–water partition coefficient (Wildman–Crippen LogP) is 15.2. The molecule has 16 rings (SSSR count). The van der Waals surface area contributed by atoms with Crippen LogP contribution in [0, 0.1) is 0 Å². The molecule has 81 heavy (non-hydrogen) atoms. The first-order valence-electron chi connectivity index (χ1n) is 30.2. The van der Waals surface area contributed by atoms with Gasteiger partial charge in [0.05, 0.1) is 27.6 Å². The van der Waals surface area contributed by atoms with E-state index in [2.05, 4.69) is 270 Å². The third kappa shape index (κ3) is 6.21. The summed E-state index contributed by atoms with van der Waals surface area (Å²) in [7, 11) is -3.22. The van der Waals surface area contributed by atoms with Crippen molar-refractivity contribution in [3.05, 3.63) is 179 Å². The van der Waals surface area contributed by atoms with Crippen molar-refractivity contribution >= 4 is 117 Å². The Morgan fingerprint density at radius 1 is 0.383 bits per heavy atom. The van der Waals surface area contributed by atoms with Crippen molar-refractivity contribution in [2.24, 2.45) is 0 Å². The van der Waals surface area contributed by atoms with E-state index in [1.807, 2.05) is 0 Å². The van der Waals surface area contributed by atoms with Gasteiger partial charge in [-0.1, -0.05) is 208 Å². The quantitative estimate of drug-likeness (QED) is 0.157. The molecule has 0 unspecified atom stereocenters. The van der Waals surface area contributed by atoms with Crippen LogP contribution >= 0.6 is 0 Å². The molecule has 0 radical (unpaired) electrons. The van der Waals surface area contributed by atoms with Crippen molar-refractivity contribution in [1.29, 1.82) is 0 Å². The van der Waals surface area contributed by atoms with Crippen LogP contribution < -0.4 is 37.1 Å². The minimum absolute atomic E-state index is 0.0464. The van der Waals surface area contributed by atoms with E-state index in [9.17, 15) is 0 Å². The fraction of sp³-hybridized carbons (Fsp3) is 0.289. The molecule has 9 aromatic carbocycles. The number of hydrogen-bond donors (Lipinski definition) is 0. The molecule has 4 aliphatic heterocycles. The second-order valence-electron chi connectivity index (χ2n) is 29.8. The van der Waals surface area contributed by atoms with Gasteiger partial charge < -0.3 is 13.7 Å². The molecule has 12 aromatic rings. The fourth-order valence-corrected chi connectivity index (χ4v) is 21.4. The number of fused-ring (bicyclic) bond motifs is 18. The molecular weight excluding hydrogens is 994 g/mol. The molecule has 1 spiro atoms. The number of aromatic nitrogens is 3. The molecule has 0 fully saturated rings. The monoisotopic (exact) mass is 1070 g/mol. The summed E-state index contributed by atoms with van der Waals surface area (Å²) in [6.45, 7) is 38.4. The molecule has 0 atom stereocenters. The Balaban J connectivity index is 1.20. The number of benzene rings is 9. The minimum Gasteiger partial charge on any atom is -0.310 e. The second kappa shape index (κ2) is 15.6. The summed E-state index contributed by atoms with van der Waals surface area (Å²) in [6, 6.07) is 60.0. The Morgan fingerprint density at radius 3 is 1.49 bits per heavy atom. The van der Waals surface area contributed by atoms with E-state index in [0.717, 1.165) is 0 Å². The summed E-state index contributed by atoms with van der Waals surface area (Å²) in [5.74, 6) is 0.760. The van der Waals surface area contributed by atoms with Crippen LogP contribution in [0.4, 0.5) is 0 Å². The van der Waals surface area contributed by atoms with Gasteiger partial charge in [-0.25, -0.2) is 0 Å². The SMILES string of the molecule is CC(C)c1ccc2c3c4c5c(cc3n(-c3ccccc3)c2c1)c1ccc(C(C)C)cc1n5-c1ccc2c3c1B4c1cc(C(C)(C)C)cc4c5cc(C(C)(C)C)cc(c5n-3c14)[Si]21c2cc(C(C)(C)C)ccc2-c2ccc(C(C)(C)C)cc21. The highest BCUT2D eigenvalue weighted by atomic mass is 28.3. The van der Waals surface area contributed by atoms with E-state index in [4.69, 9.17) is 0 Å². The van der Waals surface area contributed by atoms with Gasteiger partial charge in [-0.2, -0.15) is 0 Å². The van der Waals surface area contributed by atoms with Crippen molar-refractivity contribution in [3.63, 3.8) is 0 Å². The molecule has 0 bridgehead atoms. The number of nitrogens with zero attached hydrogens (tertiary/aromatic N) is 3. The summed E-state index contributed by atoms with van der Waals surface area (Å²) >= 11 is 0. The van der Waals surface area contributed by atoms with E-state index < -0.39 is 8.07 Å². The molecule has 400 valence electrons. The zero-order chi connectivity index (χ0) is 56.3. The summed E-state index contributed by atoms with van der Waals surface area (Å²) in [4.78, 5) is 0. The zero-order valence-electron chi connectivity index (χ0n) is 50.4. The number of para-hydroxylation sites is 1. The number of hydrogen-bond acceptors (Lipinski definition) is 0. The van der Waals surface area contributed by atoms with Crippen LogP contribution in [-0.4, -0.2) is 28.5 Å². The Bertz CT molecular complexity index is 4790. The highest BCUT2D eigenvalue weighted by Crippen LogP contribution is 2.48. The molecule has 3 aromatic heterocycles. The molecule has 0 saturated carbocycles. The van der Waals surface area contributed by atoms with Crippen LogP contribution in [0.1, 0.15) is 156 Å². The Labute approximate surface area is 479 Å². The smallest absolute Gasteiger partial charge is 0.253 e. The lowest BCUT2D eigenvalue weighted by molar-refractivity contribution is 0.590. The first-order valence-corrected chi connectivity index (χ1v) is 32.2. The van der Waals surface area contributed by atoms with Gasteiger partial charge in [-0.3, -0.25) is 0 Å². The summed E-state index contributed by atoms with van der Waals surface area (Å²) in [5, 5.41) is 14.3. The van der Waals surface area contributed by atoms with Crippen molar-refractivity contribution < 1.29 is 0 Å². The standard InChI is InChI=1S/C76H74BN3Si/c1-41(2)43-22-26-50-56-40-61-66(53-27-23-44(42(3)4)33-60(53)78(61)49-20-18-17-19-21-49)68-71(56)79(59(50)32-43)58-30-31-62-72-67(58)77(68)57-36-47(75(11,12)13)34-54-55-35-48(76(14,15)16)39-65(70(55)80(72)69(54)57)81(62)63-37-45(73(5,6)7)24-28-51(63)52-29-25-46(38-64(52)81)74(8,9)10/h17-42H,1-16H3. The van der Waals surface area contributed by atoms with Crippen molar-refractivity contribution in [3.8, 4) is 28.2 Å². The van der Waals surface area contributed by atoms with Crippen molar-refractivity contribution in [2.45, 2.75) is 144 Å². The van der Waals surface area contributed by atoms with Gasteiger partial charge in [-0.05, 0) is 164 Å². The highest BCUT2D eigenvalue weighted by Gasteiger charge is 2.57. The molecular formula is C76H74BN3Si. The molecule has 7 heterocycles. The third-order valence-corrected chi connectivity index (χ3v) is 25.0. The van der Waals surface area contributed by atoms with Crippen LogP contribution in [0.15, 0.2) is 146 Å². The summed E-state index contributed by atoms with van der Waals surface area (Å²) in [5.41, 5.74) is 27.2. The van der Waals surface area contributed by atoms with E-state index in [1.165, 1.54) is 149 Å². The van der Waals surface area contributed by atoms with E-state index in [1.54, 1.807) is 15.6 Å². The molecule has 3 nitrogen and oxygen atoms in total. The van der Waals surface area contributed by atoms with Gasteiger partial charge in [0.2, 0.25) is 0 Å². The molecule has 0 amide bonds. The second-order valence-corrected chi connectivity index (χ2v) is 33.4. The molecule has 4 aliphatic rings. The largest absolute Gasteiger partial charge is 0.310 e. The average Bonchev–Trinajstić information content (AvgIpc) is 1.67. The predicted molar refractivity (Wildman–Crippen MR) is 353 cm³/mol. The Kier molecular flexibility index (Phi) is 9.53. The van der Waals surface area contributed by atoms with Crippen LogP contribution in [-0.2, 0) is 21.7 Å². The van der Waals surface area contributed by atoms with Gasteiger partial charge >= 0.3 is 0 Å². The topological polar surface area (TPSA) is 14.8 Å². The lowest BCUT2D eigenvalue weighted by Gasteiger charge is -2.43. The first kappa shape index (κ1) is 49.5. The highest BCUT2D eigenvalue weighted by molar-refractivity contribution is 7.24. The van der Waals surface area contributed by atoms with E-state index >= 15 is 0 Å². The van der Waals surface area contributed by atoms with E-state index in [0.29, 0.717) is 11.8 Å². The fourth-order valence-electron chi connectivity index (χ4n) is 15.8. The van der Waals surface area contributed by atoms with Gasteiger partial charge in [0.15, 0.2) is 8.07 Å². The molecule has 5 heteroatoms. The lowest BCUT2D eigenvalue weighted by Crippen LogP contribution is -2.77. The van der Waals surface area contributed by atoms with Gasteiger partial charge in [0.1, 0.15) is 0 Å². The van der Waals surface area contributed by atoms with Gasteiger partial charge in [0, 0.05) is 54.9 Å². The maximum atomic E-state index is 2.87. The van der Waals surface area contributed by atoms with Crippen LogP contribution in [0.3, 0.4) is 0 Å². The van der Waals surface area contributed by atoms with Crippen LogP contribution in [0.25, 0.3) is 93.6 Å². The minimum atomic E-state index is -3.22. The lowest BCUT2D eigenvalue weighted by atomic mass is 9.33. The van der Waals surface area contributed by atoms with Crippen LogP contribution in [0.2, 0.25) is 0 Å². The molecule has 0 N–H and O–H groups in total. The summed E-state index contributed by atoms with van der Waals surface area (Å²) < 4.78 is 8.25. The van der Waals surface area contributed by atoms with Crippen molar-refractivity contribution in [1.82, 2.24) is 13.7 Å². The maximum absolute atomic E-state index is 3.22. The normalized spacial score (nSPS) is 15.0. The molecule has 0 aliphatic carbocycles. The van der Waals surface area contributed by atoms with Gasteiger partial charge in [0.25, 0.3) is 6.71 Å². The zero-order valence-corrected chi connectivity index (χ0v) is 51.4. The Hall–Kier alpha value is -7.34. The average molecular weight is 1070 g/mol. The van der Waals surface area contributed by atoms with Gasteiger partial charge in [-0.15, -0.1) is 0 Å². The third-order valence-electron chi connectivity index (χ3n) is 20.2. The maximum Gasteiger partial charge on any atom is 0.253 e. The summed E-state index contributed by atoms with van der Waals surface area (Å²) in [6.07, 6.45) is 0. The van der Waals surface area contributed by atoms with Crippen molar-refractivity contribution in [2.75, 3.05) is 0 Å².